The molecule has 2 heteroatoms. The van der Waals surface area contributed by atoms with Gasteiger partial charge in [0.05, 0.1) is 0 Å². The molecule has 0 saturated carbocycles. The summed E-state index contributed by atoms with van der Waals surface area (Å²) in [5.41, 5.74) is 6.73. The van der Waals surface area contributed by atoms with Gasteiger partial charge in [0.15, 0.2) is 5.78 Å². The molecule has 1 aliphatic carbocycles. The molecule has 0 amide bonds. The Morgan fingerprint density at radius 1 is 0.615 bits per heavy atom. The van der Waals surface area contributed by atoms with Crippen molar-refractivity contribution in [2.75, 3.05) is 7.05 Å². The van der Waals surface area contributed by atoms with E-state index in [9.17, 15) is 4.79 Å². The summed E-state index contributed by atoms with van der Waals surface area (Å²) >= 11 is 0. The van der Waals surface area contributed by atoms with Crippen LogP contribution in [0.3, 0.4) is 0 Å². The van der Waals surface area contributed by atoms with Gasteiger partial charge in [-0.05, 0) is 46.6 Å². The highest BCUT2D eigenvalue weighted by molar-refractivity contribution is 6.01. The third-order valence-electron chi connectivity index (χ3n) is 4.63. The molecule has 4 rings (SSSR count). The average Bonchev–Trinajstić information content (AvgIpc) is 2.70. The number of hydrogen-bond donors (Lipinski definition) is 0. The van der Waals surface area contributed by atoms with Crippen LogP contribution in [0.5, 0.6) is 0 Å². The van der Waals surface area contributed by atoms with Crippen LogP contribution in [0.4, 0.5) is 0 Å². The van der Waals surface area contributed by atoms with Gasteiger partial charge < -0.3 is 4.90 Å². The molecule has 2 aromatic carbocycles. The highest BCUT2D eigenvalue weighted by atomic mass is 16.1. The Morgan fingerprint density at radius 3 is 1.54 bits per heavy atom. The quantitative estimate of drug-likeness (QED) is 0.768. The Hall–Kier alpha value is -3.39. The first-order valence-corrected chi connectivity index (χ1v) is 8.65. The Morgan fingerprint density at radius 2 is 1.08 bits per heavy atom. The van der Waals surface area contributed by atoms with E-state index in [0.29, 0.717) is 0 Å². The smallest absolute Gasteiger partial charge is 0.178 e. The number of carbonyl (C=O) groups excluding carboxylic acids is 1. The van der Waals surface area contributed by atoms with Gasteiger partial charge in [-0.15, -0.1) is 0 Å². The third-order valence-corrected chi connectivity index (χ3v) is 4.63. The summed E-state index contributed by atoms with van der Waals surface area (Å²) in [7, 11) is 2.09. The molecule has 1 aliphatic heterocycles. The normalized spacial score (nSPS) is 16.7. The van der Waals surface area contributed by atoms with Crippen LogP contribution in [0, 0.1) is 0 Å². The van der Waals surface area contributed by atoms with Gasteiger partial charge in [-0.25, -0.2) is 0 Å². The molecule has 1 heterocycles. The van der Waals surface area contributed by atoms with Gasteiger partial charge in [-0.2, -0.15) is 0 Å². The van der Waals surface area contributed by atoms with Gasteiger partial charge in [0.1, 0.15) is 0 Å². The number of hydrogen-bond acceptors (Lipinski definition) is 2. The van der Waals surface area contributed by atoms with Gasteiger partial charge in [0.2, 0.25) is 0 Å². The lowest BCUT2D eigenvalue weighted by Gasteiger charge is -2.30. The highest BCUT2D eigenvalue weighted by Gasteiger charge is 2.19. The van der Waals surface area contributed by atoms with E-state index in [4.69, 9.17) is 0 Å². The fraction of sp³-hybridized carbons (Fsp3) is 0.0417. The minimum absolute atomic E-state index is 0.0294. The summed E-state index contributed by atoms with van der Waals surface area (Å²) in [6, 6.07) is 20.7. The van der Waals surface area contributed by atoms with Gasteiger partial charge >= 0.3 is 0 Å². The number of carbonyl (C=O) groups is 1. The average molecular weight is 337 g/mol. The predicted molar refractivity (Wildman–Crippen MR) is 107 cm³/mol. The van der Waals surface area contributed by atoms with Crippen LogP contribution in [0.2, 0.25) is 0 Å². The lowest BCUT2D eigenvalue weighted by molar-refractivity contribution is -0.110. The second-order valence-corrected chi connectivity index (χ2v) is 6.33. The van der Waals surface area contributed by atoms with E-state index in [1.165, 1.54) is 0 Å². The zero-order chi connectivity index (χ0) is 17.9. The largest absolute Gasteiger partial charge is 0.344 e. The SMILES string of the molecule is CN1C(c2ccccc2)=CC(=C2C=CC(=O)C=C2)C=C1c1ccccc1. The van der Waals surface area contributed by atoms with Crippen molar-refractivity contribution in [3.05, 3.63) is 119 Å². The van der Waals surface area contributed by atoms with Crippen molar-refractivity contribution in [1.82, 2.24) is 4.90 Å². The Bertz CT molecular complexity index is 912. The summed E-state index contributed by atoms with van der Waals surface area (Å²) in [6.45, 7) is 0. The fourth-order valence-electron chi connectivity index (χ4n) is 3.25. The molecule has 0 spiro atoms. The van der Waals surface area contributed by atoms with Crippen LogP contribution >= 0.6 is 0 Å². The molecule has 26 heavy (non-hydrogen) atoms. The minimum atomic E-state index is 0.0294. The number of rotatable bonds is 2. The van der Waals surface area contributed by atoms with Gasteiger partial charge in [-0.1, -0.05) is 72.8 Å². The summed E-state index contributed by atoms with van der Waals surface area (Å²) in [6.07, 6.45) is 11.4. The van der Waals surface area contributed by atoms with Crippen LogP contribution in [0.25, 0.3) is 11.4 Å². The molecule has 0 unspecified atom stereocenters. The molecule has 0 radical (unpaired) electrons. The summed E-state index contributed by atoms with van der Waals surface area (Å²) in [5.74, 6) is 0.0294. The number of nitrogens with zero attached hydrogens (tertiary/aromatic N) is 1. The first kappa shape index (κ1) is 16.1. The first-order valence-electron chi connectivity index (χ1n) is 8.65. The number of allylic oxidation sites excluding steroid dienone is 8. The Balaban J connectivity index is 1.88. The zero-order valence-corrected chi connectivity index (χ0v) is 14.6. The standard InChI is InChI=1S/C24H19NO/c1-25-23(19-8-4-2-5-9-19)16-21(18-12-14-22(26)15-13-18)17-24(25)20-10-6-3-7-11-20/h2-17H,1H3. The molecular weight excluding hydrogens is 318 g/mol. The third kappa shape index (κ3) is 3.09. The van der Waals surface area contributed by atoms with Crippen molar-refractivity contribution in [1.29, 1.82) is 0 Å². The summed E-state index contributed by atoms with van der Waals surface area (Å²) in [5, 5.41) is 0. The molecule has 0 fully saturated rings. The van der Waals surface area contributed by atoms with Gasteiger partial charge in [0, 0.05) is 18.4 Å². The van der Waals surface area contributed by atoms with E-state index in [-0.39, 0.29) is 5.78 Å². The molecule has 0 saturated heterocycles. The van der Waals surface area contributed by atoms with Crippen LogP contribution < -0.4 is 0 Å². The monoisotopic (exact) mass is 337 g/mol. The molecular formula is C24H19NO. The molecule has 0 N–H and O–H groups in total. The van der Waals surface area contributed by atoms with Crippen molar-refractivity contribution < 1.29 is 4.79 Å². The Kier molecular flexibility index (Phi) is 4.24. The van der Waals surface area contributed by atoms with Gasteiger partial charge in [-0.3, -0.25) is 4.79 Å². The van der Waals surface area contributed by atoms with Crippen molar-refractivity contribution >= 4 is 17.2 Å². The highest BCUT2D eigenvalue weighted by Crippen LogP contribution is 2.35. The maximum Gasteiger partial charge on any atom is 0.178 e. The van der Waals surface area contributed by atoms with Crippen LogP contribution in [-0.2, 0) is 4.79 Å². The van der Waals surface area contributed by atoms with E-state index in [1.54, 1.807) is 12.2 Å². The lowest BCUT2D eigenvalue weighted by Crippen LogP contribution is -2.19. The molecule has 2 aromatic rings. The van der Waals surface area contributed by atoms with Crippen molar-refractivity contribution in [3.8, 4) is 0 Å². The second kappa shape index (κ2) is 6.85. The zero-order valence-electron chi connectivity index (χ0n) is 14.6. The van der Waals surface area contributed by atoms with E-state index in [1.807, 2.05) is 24.3 Å². The topological polar surface area (TPSA) is 20.3 Å². The molecule has 0 aromatic heterocycles. The summed E-state index contributed by atoms with van der Waals surface area (Å²) in [4.78, 5) is 13.7. The molecule has 2 aliphatic rings. The molecule has 0 atom stereocenters. The van der Waals surface area contributed by atoms with E-state index in [2.05, 4.69) is 72.6 Å². The number of benzene rings is 2. The van der Waals surface area contributed by atoms with Gasteiger partial charge in [0.25, 0.3) is 0 Å². The first-order chi connectivity index (χ1) is 12.7. The van der Waals surface area contributed by atoms with E-state index >= 15 is 0 Å². The molecule has 126 valence electrons. The van der Waals surface area contributed by atoms with E-state index < -0.39 is 0 Å². The Labute approximate surface area is 153 Å². The van der Waals surface area contributed by atoms with Crippen LogP contribution in [0.15, 0.2) is 108 Å². The van der Waals surface area contributed by atoms with Crippen molar-refractivity contribution in [2.45, 2.75) is 0 Å². The number of ketones is 1. The van der Waals surface area contributed by atoms with E-state index in [0.717, 1.165) is 33.7 Å². The maximum absolute atomic E-state index is 11.5. The van der Waals surface area contributed by atoms with Crippen molar-refractivity contribution in [2.24, 2.45) is 0 Å². The minimum Gasteiger partial charge on any atom is -0.344 e. The fourth-order valence-corrected chi connectivity index (χ4v) is 3.25. The summed E-state index contributed by atoms with van der Waals surface area (Å²) < 4.78 is 0. The second-order valence-electron chi connectivity index (χ2n) is 6.33. The van der Waals surface area contributed by atoms with Crippen LogP contribution in [-0.4, -0.2) is 17.7 Å². The molecule has 0 bridgehead atoms. The lowest BCUT2D eigenvalue weighted by atomic mass is 9.94. The predicted octanol–water partition coefficient (Wildman–Crippen LogP) is 5.01. The maximum atomic E-state index is 11.5. The van der Waals surface area contributed by atoms with Crippen LogP contribution in [0.1, 0.15) is 11.1 Å². The van der Waals surface area contributed by atoms with Crippen molar-refractivity contribution in [3.63, 3.8) is 0 Å². The molecule has 2 nitrogen and oxygen atoms in total.